The summed E-state index contributed by atoms with van der Waals surface area (Å²) in [4.78, 5) is 0.371. The Morgan fingerprint density at radius 3 is 2.27 bits per heavy atom. The molecule has 0 N–H and O–H groups in total. The zero-order valence-corrected chi connectivity index (χ0v) is 15.4. The number of benzene rings is 2. The van der Waals surface area contributed by atoms with Gasteiger partial charge in [0.15, 0.2) is 0 Å². The van der Waals surface area contributed by atoms with Crippen LogP contribution in [0.5, 0.6) is 0 Å². The van der Waals surface area contributed by atoms with Gasteiger partial charge in [-0.05, 0) is 56.2 Å². The molecule has 2 aromatic rings. The summed E-state index contributed by atoms with van der Waals surface area (Å²) < 4.78 is 28.7. The highest BCUT2D eigenvalue weighted by Gasteiger charge is 2.29. The van der Waals surface area contributed by atoms with Gasteiger partial charge in [-0.1, -0.05) is 41.1 Å². The van der Waals surface area contributed by atoms with Crippen molar-refractivity contribution in [2.24, 2.45) is 0 Å². The van der Waals surface area contributed by atoms with Crippen LogP contribution >= 0.6 is 15.9 Å². The fourth-order valence-electron chi connectivity index (χ4n) is 2.47. The van der Waals surface area contributed by atoms with Crippen LogP contribution in [0.4, 0.5) is 5.69 Å². The van der Waals surface area contributed by atoms with Crippen molar-refractivity contribution in [2.75, 3.05) is 4.31 Å². The first-order chi connectivity index (χ1) is 10.4. The highest BCUT2D eigenvalue weighted by molar-refractivity contribution is 9.10. The van der Waals surface area contributed by atoms with E-state index in [1.54, 1.807) is 12.1 Å². The number of aryl methyl sites for hydroxylation is 1. The van der Waals surface area contributed by atoms with Gasteiger partial charge in [0.05, 0.1) is 10.6 Å². The van der Waals surface area contributed by atoms with Crippen LogP contribution in [0.2, 0.25) is 0 Å². The van der Waals surface area contributed by atoms with E-state index < -0.39 is 10.0 Å². The normalized spacial score (nSPS) is 11.7. The highest BCUT2D eigenvalue weighted by atomic mass is 79.9. The fraction of sp³-hybridized carbons (Fsp3) is 0.294. The standard InChI is InChI=1S/C17H20BrNO2S/c1-4-14-12-15(18)10-11-17(14)22(20,21)19(13(2)3)16-8-6-5-7-9-16/h5-13H,4H2,1-3H3. The average Bonchev–Trinajstić information content (AvgIpc) is 2.47. The monoisotopic (exact) mass is 381 g/mol. The summed E-state index contributed by atoms with van der Waals surface area (Å²) in [6.07, 6.45) is 0.661. The number of sulfonamides is 1. The van der Waals surface area contributed by atoms with E-state index in [2.05, 4.69) is 15.9 Å². The van der Waals surface area contributed by atoms with Crippen molar-refractivity contribution in [1.82, 2.24) is 0 Å². The third-order valence-electron chi connectivity index (χ3n) is 3.42. The molecule has 0 unspecified atom stereocenters. The number of rotatable bonds is 5. The Kier molecular flexibility index (Phi) is 5.29. The van der Waals surface area contributed by atoms with Gasteiger partial charge in [0.25, 0.3) is 10.0 Å². The summed E-state index contributed by atoms with van der Waals surface area (Å²) in [5.74, 6) is 0. The first kappa shape index (κ1) is 17.0. The van der Waals surface area contributed by atoms with Crippen molar-refractivity contribution in [3.63, 3.8) is 0 Å². The molecular weight excluding hydrogens is 362 g/mol. The first-order valence-electron chi connectivity index (χ1n) is 7.25. The second-order valence-corrected chi connectivity index (χ2v) is 8.03. The van der Waals surface area contributed by atoms with Gasteiger partial charge in [-0.3, -0.25) is 4.31 Å². The van der Waals surface area contributed by atoms with Crippen molar-refractivity contribution < 1.29 is 8.42 Å². The second kappa shape index (κ2) is 6.84. The molecule has 0 aliphatic rings. The number of hydrogen-bond acceptors (Lipinski definition) is 2. The van der Waals surface area contributed by atoms with Crippen LogP contribution in [0.1, 0.15) is 26.3 Å². The minimum absolute atomic E-state index is 0.166. The van der Waals surface area contributed by atoms with E-state index in [9.17, 15) is 8.42 Å². The van der Waals surface area contributed by atoms with Gasteiger partial charge in [0.1, 0.15) is 0 Å². The summed E-state index contributed by atoms with van der Waals surface area (Å²) >= 11 is 3.41. The molecular formula is C17H20BrNO2S. The molecule has 2 rings (SSSR count). The van der Waals surface area contributed by atoms with Gasteiger partial charge in [-0.15, -0.1) is 0 Å². The van der Waals surface area contributed by atoms with E-state index in [0.29, 0.717) is 17.0 Å². The summed E-state index contributed by atoms with van der Waals surface area (Å²) in [7, 11) is -3.60. The van der Waals surface area contributed by atoms with E-state index in [1.807, 2.05) is 57.2 Å². The molecule has 0 atom stereocenters. The first-order valence-corrected chi connectivity index (χ1v) is 9.49. The lowest BCUT2D eigenvalue weighted by Gasteiger charge is -2.29. The molecule has 118 valence electrons. The van der Waals surface area contributed by atoms with Crippen molar-refractivity contribution in [3.05, 3.63) is 58.6 Å². The van der Waals surface area contributed by atoms with Crippen LogP contribution in [-0.2, 0) is 16.4 Å². The Morgan fingerprint density at radius 2 is 1.73 bits per heavy atom. The predicted octanol–water partition coefficient (Wildman–Crippen LogP) is 4.62. The predicted molar refractivity (Wildman–Crippen MR) is 94.8 cm³/mol. The minimum Gasteiger partial charge on any atom is -0.264 e. The van der Waals surface area contributed by atoms with E-state index in [-0.39, 0.29) is 6.04 Å². The van der Waals surface area contributed by atoms with Crippen LogP contribution in [0.3, 0.4) is 0 Å². The highest BCUT2D eigenvalue weighted by Crippen LogP contribution is 2.29. The minimum atomic E-state index is -3.60. The quantitative estimate of drug-likeness (QED) is 0.757. The topological polar surface area (TPSA) is 37.4 Å². The number of anilines is 1. The summed E-state index contributed by atoms with van der Waals surface area (Å²) in [6, 6.07) is 14.4. The molecule has 2 aromatic carbocycles. The molecule has 0 saturated carbocycles. The molecule has 0 spiro atoms. The zero-order valence-electron chi connectivity index (χ0n) is 13.0. The van der Waals surface area contributed by atoms with E-state index in [0.717, 1.165) is 10.0 Å². The van der Waals surface area contributed by atoms with Crippen LogP contribution in [-0.4, -0.2) is 14.5 Å². The number of para-hydroxylation sites is 1. The maximum Gasteiger partial charge on any atom is 0.264 e. The molecule has 0 aliphatic carbocycles. The second-order valence-electron chi connectivity index (χ2n) is 5.34. The van der Waals surface area contributed by atoms with Gasteiger partial charge in [0.2, 0.25) is 0 Å². The van der Waals surface area contributed by atoms with Crippen LogP contribution in [0, 0.1) is 0 Å². The van der Waals surface area contributed by atoms with Gasteiger partial charge >= 0.3 is 0 Å². The molecule has 0 radical (unpaired) electrons. The SMILES string of the molecule is CCc1cc(Br)ccc1S(=O)(=O)N(c1ccccc1)C(C)C. The van der Waals surface area contributed by atoms with Crippen LogP contribution in [0.15, 0.2) is 57.9 Å². The van der Waals surface area contributed by atoms with E-state index in [4.69, 9.17) is 0 Å². The Labute approximate surface area is 141 Å². The van der Waals surface area contributed by atoms with E-state index in [1.165, 1.54) is 4.31 Å². The molecule has 0 saturated heterocycles. The van der Waals surface area contributed by atoms with Gasteiger partial charge in [-0.25, -0.2) is 8.42 Å². The number of hydrogen-bond donors (Lipinski definition) is 0. The van der Waals surface area contributed by atoms with E-state index >= 15 is 0 Å². The molecule has 0 aromatic heterocycles. The third kappa shape index (κ3) is 3.36. The number of nitrogens with zero attached hydrogens (tertiary/aromatic N) is 1. The molecule has 22 heavy (non-hydrogen) atoms. The van der Waals surface area contributed by atoms with Crippen molar-refractivity contribution in [2.45, 2.75) is 38.1 Å². The summed E-state index contributed by atoms with van der Waals surface area (Å²) in [6.45, 7) is 5.73. The van der Waals surface area contributed by atoms with Gasteiger partial charge in [-0.2, -0.15) is 0 Å². The largest absolute Gasteiger partial charge is 0.264 e. The Morgan fingerprint density at radius 1 is 1.09 bits per heavy atom. The Bertz CT molecular complexity index is 743. The van der Waals surface area contributed by atoms with Gasteiger partial charge < -0.3 is 0 Å². The third-order valence-corrected chi connectivity index (χ3v) is 6.02. The molecule has 5 heteroatoms. The zero-order chi connectivity index (χ0) is 16.3. The molecule has 0 fully saturated rings. The Hall–Kier alpha value is -1.33. The maximum absolute atomic E-state index is 13.2. The average molecular weight is 382 g/mol. The van der Waals surface area contributed by atoms with Gasteiger partial charge in [0, 0.05) is 10.5 Å². The van der Waals surface area contributed by atoms with Crippen LogP contribution < -0.4 is 4.31 Å². The lowest BCUT2D eigenvalue weighted by Crippen LogP contribution is -2.37. The van der Waals surface area contributed by atoms with Crippen molar-refractivity contribution in [1.29, 1.82) is 0 Å². The molecule has 0 bridgehead atoms. The van der Waals surface area contributed by atoms with Crippen molar-refractivity contribution >= 4 is 31.6 Å². The smallest absolute Gasteiger partial charge is 0.264 e. The van der Waals surface area contributed by atoms with Crippen LogP contribution in [0.25, 0.3) is 0 Å². The Balaban J connectivity index is 2.61. The molecule has 0 amide bonds. The van der Waals surface area contributed by atoms with Crippen molar-refractivity contribution in [3.8, 4) is 0 Å². The lowest BCUT2D eigenvalue weighted by molar-refractivity contribution is 0.583. The molecule has 0 heterocycles. The number of halogens is 1. The summed E-state index contributed by atoms with van der Waals surface area (Å²) in [5.41, 5.74) is 1.50. The molecule has 0 aliphatic heterocycles. The maximum atomic E-state index is 13.2. The molecule has 3 nitrogen and oxygen atoms in total. The lowest BCUT2D eigenvalue weighted by atomic mass is 10.2. The fourth-order valence-corrected chi connectivity index (χ4v) is 4.82. The summed E-state index contributed by atoms with van der Waals surface area (Å²) in [5, 5.41) is 0.